The summed E-state index contributed by atoms with van der Waals surface area (Å²) in [5.41, 5.74) is 5.26. The van der Waals surface area contributed by atoms with Gasteiger partial charge < -0.3 is 14.8 Å². The van der Waals surface area contributed by atoms with Crippen LogP contribution in [0.15, 0.2) is 60.2 Å². The summed E-state index contributed by atoms with van der Waals surface area (Å²) in [5, 5.41) is 6.08. The second kappa shape index (κ2) is 7.70. The van der Waals surface area contributed by atoms with Gasteiger partial charge in [0, 0.05) is 23.2 Å². The summed E-state index contributed by atoms with van der Waals surface area (Å²) in [7, 11) is 1.64. The molecule has 0 unspecified atom stereocenters. The molecule has 0 bridgehead atoms. The third-order valence-electron chi connectivity index (χ3n) is 6.56. The van der Waals surface area contributed by atoms with Crippen LogP contribution in [0.3, 0.4) is 0 Å². The van der Waals surface area contributed by atoms with Gasteiger partial charge in [0.25, 0.3) is 0 Å². The number of ketones is 1. The Morgan fingerprint density at radius 2 is 1.84 bits per heavy atom. The maximum absolute atomic E-state index is 13.6. The van der Waals surface area contributed by atoms with E-state index < -0.39 is 0 Å². The van der Waals surface area contributed by atoms with E-state index in [0.29, 0.717) is 24.5 Å². The third-order valence-corrected chi connectivity index (χ3v) is 6.56. The quantitative estimate of drug-likeness (QED) is 0.512. The van der Waals surface area contributed by atoms with Gasteiger partial charge in [0.05, 0.1) is 19.8 Å². The van der Waals surface area contributed by atoms with Gasteiger partial charge in [0.2, 0.25) is 0 Å². The molecule has 2 aliphatic rings. The number of benzene rings is 3. The number of Topliss-reactive ketones (excluding diaryl/α,β-unsaturated/α-hetero) is 1. The molecule has 0 aromatic heterocycles. The van der Waals surface area contributed by atoms with E-state index in [4.69, 9.17) is 9.47 Å². The van der Waals surface area contributed by atoms with Crippen molar-refractivity contribution in [2.75, 3.05) is 19.0 Å². The molecule has 1 aliphatic heterocycles. The van der Waals surface area contributed by atoms with Crippen molar-refractivity contribution >= 4 is 27.8 Å². The molecule has 4 nitrogen and oxygen atoms in total. The topological polar surface area (TPSA) is 47.6 Å². The van der Waals surface area contributed by atoms with E-state index in [1.807, 2.05) is 25.1 Å². The molecule has 1 atom stereocenters. The van der Waals surface area contributed by atoms with Crippen LogP contribution in [0.5, 0.6) is 11.5 Å². The van der Waals surface area contributed by atoms with Crippen molar-refractivity contribution in [3.8, 4) is 11.5 Å². The Bertz CT molecular complexity index is 1250. The monoisotopic (exact) mass is 427 g/mol. The number of hydrogen-bond donors (Lipinski definition) is 1. The maximum atomic E-state index is 13.6. The number of ether oxygens (including phenoxy) is 2. The number of anilines is 1. The molecular formula is C28H29NO3. The average molecular weight is 428 g/mol. The van der Waals surface area contributed by atoms with E-state index >= 15 is 0 Å². The first-order valence-electron chi connectivity index (χ1n) is 11.3. The molecule has 164 valence electrons. The normalized spacial score (nSPS) is 19.2. The average Bonchev–Trinajstić information content (AvgIpc) is 2.77. The van der Waals surface area contributed by atoms with Crippen molar-refractivity contribution < 1.29 is 14.3 Å². The molecule has 0 spiro atoms. The number of rotatable bonds is 4. The lowest BCUT2D eigenvalue weighted by Gasteiger charge is -2.40. The van der Waals surface area contributed by atoms with Crippen LogP contribution < -0.4 is 14.8 Å². The zero-order chi connectivity index (χ0) is 22.5. The van der Waals surface area contributed by atoms with Crippen molar-refractivity contribution in [1.29, 1.82) is 0 Å². The van der Waals surface area contributed by atoms with Crippen LogP contribution in [0.1, 0.15) is 50.8 Å². The minimum atomic E-state index is -0.215. The first kappa shape index (κ1) is 20.6. The van der Waals surface area contributed by atoms with Gasteiger partial charge in [0.1, 0.15) is 0 Å². The highest BCUT2D eigenvalue weighted by Crippen LogP contribution is 2.52. The smallest absolute Gasteiger partial charge is 0.162 e. The highest BCUT2D eigenvalue weighted by Gasteiger charge is 2.41. The molecule has 1 heterocycles. The van der Waals surface area contributed by atoms with Crippen LogP contribution in [-0.2, 0) is 4.79 Å². The number of methoxy groups -OCH3 is 1. The summed E-state index contributed by atoms with van der Waals surface area (Å²) in [6, 6.07) is 18.5. The van der Waals surface area contributed by atoms with E-state index in [-0.39, 0.29) is 17.2 Å². The minimum Gasteiger partial charge on any atom is -0.493 e. The summed E-state index contributed by atoms with van der Waals surface area (Å²) >= 11 is 0. The van der Waals surface area contributed by atoms with E-state index in [9.17, 15) is 4.79 Å². The molecule has 32 heavy (non-hydrogen) atoms. The lowest BCUT2D eigenvalue weighted by atomic mass is 9.68. The fourth-order valence-electron chi connectivity index (χ4n) is 5.23. The molecule has 0 fully saturated rings. The van der Waals surface area contributed by atoms with Crippen LogP contribution in [0.4, 0.5) is 5.69 Å². The standard InChI is InChI=1S/C28H29NO3/c1-5-32-24-14-18(11-13-23(24)31-4)27-26-20(15-28(2,3)16-22(26)30)25-19-9-7-6-8-17(19)10-12-21(25)29-27/h6-14,27,29H,5,15-16H2,1-4H3/t27-/m1/s1. The van der Waals surface area contributed by atoms with Gasteiger partial charge in [-0.15, -0.1) is 0 Å². The number of nitrogens with one attached hydrogen (secondary N) is 1. The fourth-order valence-corrected chi connectivity index (χ4v) is 5.23. The van der Waals surface area contributed by atoms with Crippen LogP contribution in [0.2, 0.25) is 0 Å². The molecule has 0 saturated carbocycles. The van der Waals surface area contributed by atoms with Gasteiger partial charge in [-0.3, -0.25) is 4.79 Å². The zero-order valence-corrected chi connectivity index (χ0v) is 19.1. The maximum Gasteiger partial charge on any atom is 0.162 e. The Labute approximate surface area is 189 Å². The van der Waals surface area contributed by atoms with E-state index in [1.54, 1.807) is 7.11 Å². The lowest BCUT2D eigenvalue weighted by molar-refractivity contribution is -0.118. The zero-order valence-electron chi connectivity index (χ0n) is 19.1. The van der Waals surface area contributed by atoms with Gasteiger partial charge in [0.15, 0.2) is 17.3 Å². The molecule has 4 heteroatoms. The second-order valence-corrected chi connectivity index (χ2v) is 9.46. The molecule has 3 aromatic carbocycles. The van der Waals surface area contributed by atoms with Crippen molar-refractivity contribution in [3.05, 3.63) is 71.3 Å². The van der Waals surface area contributed by atoms with E-state index in [0.717, 1.165) is 23.2 Å². The highest BCUT2D eigenvalue weighted by molar-refractivity contribution is 6.12. The predicted molar refractivity (Wildman–Crippen MR) is 129 cm³/mol. The van der Waals surface area contributed by atoms with Crippen LogP contribution in [-0.4, -0.2) is 19.5 Å². The largest absolute Gasteiger partial charge is 0.493 e. The van der Waals surface area contributed by atoms with Crippen molar-refractivity contribution in [1.82, 2.24) is 0 Å². The SMILES string of the molecule is CCOc1cc([C@H]2Nc3ccc4ccccc4c3C3=C2C(=O)CC(C)(C)C3)ccc1OC. The number of carbonyl (C=O) groups is 1. The summed E-state index contributed by atoms with van der Waals surface area (Å²) in [6.07, 6.45) is 1.43. The predicted octanol–water partition coefficient (Wildman–Crippen LogP) is 6.56. The molecule has 0 saturated heterocycles. The summed E-state index contributed by atoms with van der Waals surface area (Å²) < 4.78 is 11.3. The highest BCUT2D eigenvalue weighted by atomic mass is 16.5. The first-order chi connectivity index (χ1) is 15.4. The molecule has 3 aromatic rings. The van der Waals surface area contributed by atoms with E-state index in [1.165, 1.54) is 21.9 Å². The van der Waals surface area contributed by atoms with Crippen molar-refractivity contribution in [3.63, 3.8) is 0 Å². The number of fused-ring (bicyclic) bond motifs is 4. The third kappa shape index (κ3) is 3.35. The fraction of sp³-hybridized carbons (Fsp3) is 0.321. The van der Waals surface area contributed by atoms with Gasteiger partial charge >= 0.3 is 0 Å². The second-order valence-electron chi connectivity index (χ2n) is 9.46. The minimum absolute atomic E-state index is 0.0671. The molecule has 0 amide bonds. The van der Waals surface area contributed by atoms with Crippen LogP contribution in [0.25, 0.3) is 16.3 Å². The molecular weight excluding hydrogens is 398 g/mol. The molecule has 5 rings (SSSR count). The van der Waals surface area contributed by atoms with Crippen LogP contribution in [0, 0.1) is 5.41 Å². The molecule has 1 N–H and O–H groups in total. The molecule has 1 aliphatic carbocycles. The van der Waals surface area contributed by atoms with Gasteiger partial charge in [-0.25, -0.2) is 0 Å². The summed E-state index contributed by atoms with van der Waals surface area (Å²) in [4.78, 5) is 13.6. The van der Waals surface area contributed by atoms with Crippen LogP contribution >= 0.6 is 0 Å². The first-order valence-corrected chi connectivity index (χ1v) is 11.3. The number of hydrogen-bond acceptors (Lipinski definition) is 4. The summed E-state index contributed by atoms with van der Waals surface area (Å²) in [6.45, 7) is 6.89. The number of carbonyl (C=O) groups excluding carboxylic acids is 1. The Kier molecular flexibility index (Phi) is 4.96. The van der Waals surface area contributed by atoms with Gasteiger partial charge in [-0.1, -0.05) is 50.2 Å². The summed E-state index contributed by atoms with van der Waals surface area (Å²) in [5.74, 6) is 1.62. The Balaban J connectivity index is 1.74. The Hall–Kier alpha value is -3.27. The lowest BCUT2D eigenvalue weighted by Crippen LogP contribution is -2.33. The van der Waals surface area contributed by atoms with Gasteiger partial charge in [-0.05, 0) is 58.9 Å². The Morgan fingerprint density at radius 3 is 2.62 bits per heavy atom. The van der Waals surface area contributed by atoms with Crippen molar-refractivity contribution in [2.24, 2.45) is 5.41 Å². The number of allylic oxidation sites excluding steroid dienone is 1. The van der Waals surface area contributed by atoms with Crippen molar-refractivity contribution in [2.45, 2.75) is 39.7 Å². The van der Waals surface area contributed by atoms with E-state index in [2.05, 4.69) is 55.6 Å². The Morgan fingerprint density at radius 1 is 1.03 bits per heavy atom. The van der Waals surface area contributed by atoms with Gasteiger partial charge in [-0.2, -0.15) is 0 Å². The molecule has 0 radical (unpaired) electrons.